The van der Waals surface area contributed by atoms with E-state index in [4.69, 9.17) is 0 Å². The molecule has 7 heteroatoms. The van der Waals surface area contributed by atoms with E-state index in [1.165, 1.54) is 6.07 Å². The van der Waals surface area contributed by atoms with Gasteiger partial charge in [0, 0.05) is 11.8 Å². The van der Waals surface area contributed by atoms with Gasteiger partial charge in [-0.15, -0.1) is 0 Å². The molecule has 1 heterocycles. The first-order valence-corrected chi connectivity index (χ1v) is 4.11. The Morgan fingerprint density at radius 1 is 1.44 bits per heavy atom. The molecule has 0 aliphatic carbocycles. The number of aliphatic hydroxyl groups is 1. The lowest BCUT2D eigenvalue weighted by Gasteiger charge is -2.02. The third-order valence-electron chi connectivity index (χ3n) is 1.61. The van der Waals surface area contributed by atoms with Crippen LogP contribution in [0.25, 0.3) is 5.76 Å². The standard InChI is InChI=1S/C9H7F3N2O2/c1-5-2-6(14-4-13-5)7(15)3-8(16)9(10,11)12/h2-4,15H,1H3. The minimum atomic E-state index is -5.00. The molecule has 0 aliphatic rings. The zero-order valence-corrected chi connectivity index (χ0v) is 8.12. The van der Waals surface area contributed by atoms with Crippen molar-refractivity contribution in [1.29, 1.82) is 0 Å². The summed E-state index contributed by atoms with van der Waals surface area (Å²) in [6, 6.07) is 1.26. The molecule has 86 valence electrons. The highest BCUT2D eigenvalue weighted by molar-refractivity contribution is 5.98. The molecule has 1 aromatic heterocycles. The summed E-state index contributed by atoms with van der Waals surface area (Å²) in [6.45, 7) is 1.57. The van der Waals surface area contributed by atoms with Gasteiger partial charge >= 0.3 is 6.18 Å². The van der Waals surface area contributed by atoms with Gasteiger partial charge in [0.2, 0.25) is 0 Å². The van der Waals surface area contributed by atoms with Crippen LogP contribution in [0.4, 0.5) is 13.2 Å². The van der Waals surface area contributed by atoms with Crippen molar-refractivity contribution < 1.29 is 23.1 Å². The monoisotopic (exact) mass is 232 g/mol. The summed E-state index contributed by atoms with van der Waals surface area (Å²) in [6.07, 6.45) is -3.84. The molecule has 0 aromatic carbocycles. The average molecular weight is 232 g/mol. The number of carbonyl (C=O) groups excluding carboxylic acids is 1. The number of aromatic nitrogens is 2. The first-order chi connectivity index (χ1) is 7.30. The van der Waals surface area contributed by atoms with Crippen LogP contribution in [0.15, 0.2) is 18.5 Å². The quantitative estimate of drug-likeness (QED) is 0.624. The molecule has 0 amide bonds. The number of carbonyl (C=O) groups is 1. The molecule has 1 aromatic rings. The molecule has 16 heavy (non-hydrogen) atoms. The first-order valence-electron chi connectivity index (χ1n) is 4.11. The van der Waals surface area contributed by atoms with E-state index >= 15 is 0 Å². The van der Waals surface area contributed by atoms with Crippen LogP contribution in [0, 0.1) is 6.92 Å². The van der Waals surface area contributed by atoms with Crippen LogP contribution in [-0.4, -0.2) is 27.0 Å². The topological polar surface area (TPSA) is 63.1 Å². The second-order valence-electron chi connectivity index (χ2n) is 2.94. The Hall–Kier alpha value is -1.92. The van der Waals surface area contributed by atoms with Crippen LogP contribution in [0.2, 0.25) is 0 Å². The van der Waals surface area contributed by atoms with Crippen LogP contribution in [0.3, 0.4) is 0 Å². The largest absolute Gasteiger partial charge is 0.506 e. The molecule has 0 radical (unpaired) electrons. The van der Waals surface area contributed by atoms with Crippen molar-refractivity contribution in [3.05, 3.63) is 29.9 Å². The lowest BCUT2D eigenvalue weighted by Crippen LogP contribution is -2.20. The van der Waals surface area contributed by atoms with E-state index in [0.29, 0.717) is 5.69 Å². The van der Waals surface area contributed by atoms with Crippen LogP contribution < -0.4 is 0 Å². The number of alkyl halides is 3. The number of allylic oxidation sites excluding steroid dienone is 1. The van der Waals surface area contributed by atoms with Crippen molar-refractivity contribution in [3.63, 3.8) is 0 Å². The van der Waals surface area contributed by atoms with Crippen molar-refractivity contribution in [2.24, 2.45) is 0 Å². The number of hydrogen-bond acceptors (Lipinski definition) is 4. The second kappa shape index (κ2) is 4.30. The van der Waals surface area contributed by atoms with E-state index in [1.54, 1.807) is 6.92 Å². The summed E-state index contributed by atoms with van der Waals surface area (Å²) in [5.41, 5.74) is 0.328. The first kappa shape index (κ1) is 12.2. The average Bonchev–Trinajstić information content (AvgIpc) is 2.16. The number of rotatable bonds is 2. The maximum absolute atomic E-state index is 11.9. The van der Waals surface area contributed by atoms with Crippen molar-refractivity contribution in [2.75, 3.05) is 0 Å². The molecule has 0 unspecified atom stereocenters. The van der Waals surface area contributed by atoms with Gasteiger partial charge in [0.25, 0.3) is 5.78 Å². The lowest BCUT2D eigenvalue weighted by atomic mass is 10.2. The van der Waals surface area contributed by atoms with Crippen molar-refractivity contribution in [2.45, 2.75) is 13.1 Å². The van der Waals surface area contributed by atoms with E-state index in [9.17, 15) is 23.1 Å². The summed E-state index contributed by atoms with van der Waals surface area (Å²) in [5.74, 6) is -2.98. The third kappa shape index (κ3) is 3.04. The molecule has 4 nitrogen and oxygen atoms in total. The molecule has 1 rings (SSSR count). The molecule has 0 saturated carbocycles. The lowest BCUT2D eigenvalue weighted by molar-refractivity contribution is -0.165. The van der Waals surface area contributed by atoms with E-state index in [1.807, 2.05) is 0 Å². The Balaban J connectivity index is 2.99. The van der Waals surface area contributed by atoms with Gasteiger partial charge in [0.15, 0.2) is 0 Å². The predicted octanol–water partition coefficient (Wildman–Crippen LogP) is 1.82. The number of aryl methyl sites for hydroxylation is 1. The molecule has 0 atom stereocenters. The van der Waals surface area contributed by atoms with Gasteiger partial charge in [-0.05, 0) is 13.0 Å². The third-order valence-corrected chi connectivity index (χ3v) is 1.61. The Bertz CT molecular complexity index is 441. The molecule has 0 aliphatic heterocycles. The summed E-state index contributed by atoms with van der Waals surface area (Å²) >= 11 is 0. The van der Waals surface area contributed by atoms with Crippen molar-refractivity contribution in [3.8, 4) is 0 Å². The van der Waals surface area contributed by atoms with Crippen LogP contribution in [0.5, 0.6) is 0 Å². The van der Waals surface area contributed by atoms with Gasteiger partial charge in [-0.2, -0.15) is 13.2 Å². The Morgan fingerprint density at radius 2 is 2.06 bits per heavy atom. The molecule has 0 bridgehead atoms. The summed E-state index contributed by atoms with van der Waals surface area (Å²) < 4.78 is 35.6. The van der Waals surface area contributed by atoms with Crippen molar-refractivity contribution >= 4 is 11.5 Å². The molecule has 0 spiro atoms. The highest BCUT2D eigenvalue weighted by atomic mass is 19.4. The van der Waals surface area contributed by atoms with Gasteiger partial charge in [0.1, 0.15) is 17.8 Å². The fraction of sp³-hybridized carbons (Fsp3) is 0.222. The smallest absolute Gasteiger partial charge is 0.454 e. The molecular weight excluding hydrogens is 225 g/mol. The normalized spacial score (nSPS) is 12.6. The molecule has 1 N–H and O–H groups in total. The number of ketones is 1. The van der Waals surface area contributed by atoms with Crippen LogP contribution >= 0.6 is 0 Å². The van der Waals surface area contributed by atoms with Gasteiger partial charge in [-0.3, -0.25) is 4.79 Å². The number of hydrogen-bond donors (Lipinski definition) is 1. The highest BCUT2D eigenvalue weighted by Gasteiger charge is 2.37. The number of halogens is 3. The fourth-order valence-corrected chi connectivity index (χ4v) is 0.875. The summed E-state index contributed by atoms with van der Waals surface area (Å²) in [7, 11) is 0. The number of aliphatic hydroxyl groups excluding tert-OH is 1. The molecular formula is C9H7F3N2O2. The summed E-state index contributed by atoms with van der Waals surface area (Å²) in [4.78, 5) is 17.7. The minimum Gasteiger partial charge on any atom is -0.506 e. The Morgan fingerprint density at radius 3 is 2.56 bits per heavy atom. The van der Waals surface area contributed by atoms with E-state index < -0.39 is 17.7 Å². The van der Waals surface area contributed by atoms with E-state index in [-0.39, 0.29) is 11.8 Å². The minimum absolute atomic E-state index is 0.0851. The molecule has 0 fully saturated rings. The van der Waals surface area contributed by atoms with Gasteiger partial charge in [-0.1, -0.05) is 0 Å². The van der Waals surface area contributed by atoms with Crippen LogP contribution in [0.1, 0.15) is 11.4 Å². The maximum Gasteiger partial charge on any atom is 0.454 e. The highest BCUT2D eigenvalue weighted by Crippen LogP contribution is 2.19. The molecule has 0 saturated heterocycles. The zero-order valence-electron chi connectivity index (χ0n) is 8.12. The fourth-order valence-electron chi connectivity index (χ4n) is 0.875. The second-order valence-corrected chi connectivity index (χ2v) is 2.94. The van der Waals surface area contributed by atoms with Gasteiger partial charge in [-0.25, -0.2) is 9.97 Å². The van der Waals surface area contributed by atoms with Gasteiger partial charge in [0.05, 0.1) is 0 Å². The van der Waals surface area contributed by atoms with Crippen molar-refractivity contribution in [1.82, 2.24) is 9.97 Å². The predicted molar refractivity (Wildman–Crippen MR) is 48.4 cm³/mol. The summed E-state index contributed by atoms with van der Waals surface area (Å²) in [5, 5.41) is 9.23. The van der Waals surface area contributed by atoms with Gasteiger partial charge < -0.3 is 5.11 Å². The van der Waals surface area contributed by atoms with Crippen LogP contribution in [-0.2, 0) is 4.79 Å². The van der Waals surface area contributed by atoms with E-state index in [2.05, 4.69) is 9.97 Å². The Labute approximate surface area is 88.5 Å². The van der Waals surface area contributed by atoms with E-state index in [0.717, 1.165) is 6.33 Å². The maximum atomic E-state index is 11.9. The SMILES string of the molecule is Cc1cc(C(O)=CC(=O)C(F)(F)F)ncn1. The number of nitrogens with zero attached hydrogens (tertiary/aromatic N) is 2. The Kier molecular flexibility index (Phi) is 3.26. The zero-order chi connectivity index (χ0) is 12.3.